The van der Waals surface area contributed by atoms with Crippen LogP contribution in [0.4, 0.5) is 0 Å². The summed E-state index contributed by atoms with van der Waals surface area (Å²) in [5.74, 6) is -0.811. The molecule has 0 saturated heterocycles. The summed E-state index contributed by atoms with van der Waals surface area (Å²) in [5.41, 5.74) is 1.93. The number of hydrogen-bond acceptors (Lipinski definition) is 4. The lowest BCUT2D eigenvalue weighted by Crippen LogP contribution is -2.26. The summed E-state index contributed by atoms with van der Waals surface area (Å²) in [6.07, 6.45) is 1.10. The lowest BCUT2D eigenvalue weighted by molar-refractivity contribution is 0.0376. The number of fused-ring (bicyclic) bond motifs is 1. The molecule has 0 aliphatic heterocycles. The number of esters is 1. The van der Waals surface area contributed by atoms with E-state index < -0.39 is 17.6 Å². The van der Waals surface area contributed by atoms with E-state index in [0.29, 0.717) is 30.5 Å². The van der Waals surface area contributed by atoms with Gasteiger partial charge in [-0.15, -0.1) is 0 Å². The second-order valence-electron chi connectivity index (χ2n) is 6.79. The predicted molar refractivity (Wildman–Crippen MR) is 104 cm³/mol. The van der Waals surface area contributed by atoms with Crippen LogP contribution >= 0.6 is 0 Å². The molecular weight excluding hydrogens is 354 g/mol. The summed E-state index contributed by atoms with van der Waals surface area (Å²) >= 11 is 0. The van der Waals surface area contributed by atoms with Crippen molar-refractivity contribution in [3.63, 3.8) is 0 Å². The lowest BCUT2D eigenvalue weighted by atomic mass is 9.94. The zero-order valence-corrected chi connectivity index (χ0v) is 15.2. The van der Waals surface area contributed by atoms with Crippen molar-refractivity contribution in [1.82, 2.24) is 4.98 Å². The number of Topliss-reactive ketones (excluding diaryl/α,β-unsaturated/α-hetero) is 1. The van der Waals surface area contributed by atoms with Gasteiger partial charge in [0.15, 0.2) is 11.9 Å². The molecule has 0 saturated carbocycles. The van der Waals surface area contributed by atoms with Crippen molar-refractivity contribution in [3.05, 3.63) is 105 Å². The fourth-order valence-corrected chi connectivity index (χ4v) is 3.48. The number of benzene rings is 2. The van der Waals surface area contributed by atoms with Crippen molar-refractivity contribution in [2.24, 2.45) is 0 Å². The number of aromatic amines is 1. The van der Waals surface area contributed by atoms with E-state index in [1.807, 2.05) is 60.7 Å². The summed E-state index contributed by atoms with van der Waals surface area (Å²) in [5, 5.41) is 0. The molecule has 5 nitrogen and oxygen atoms in total. The Morgan fingerprint density at radius 2 is 1.50 bits per heavy atom. The summed E-state index contributed by atoms with van der Waals surface area (Å²) in [6.45, 7) is 0. The highest BCUT2D eigenvalue weighted by atomic mass is 16.5. The molecule has 1 heterocycles. The Hall–Kier alpha value is -3.47. The number of carbonyl (C=O) groups is 2. The molecule has 5 heteroatoms. The van der Waals surface area contributed by atoms with Gasteiger partial charge in [0.2, 0.25) is 0 Å². The topological polar surface area (TPSA) is 76.2 Å². The molecule has 2 aromatic carbocycles. The molecule has 1 aliphatic rings. The first-order valence-corrected chi connectivity index (χ1v) is 9.24. The van der Waals surface area contributed by atoms with Gasteiger partial charge >= 0.3 is 5.97 Å². The summed E-state index contributed by atoms with van der Waals surface area (Å²) in [7, 11) is 0. The second kappa shape index (κ2) is 7.64. The van der Waals surface area contributed by atoms with Gasteiger partial charge in [-0.3, -0.25) is 9.59 Å². The van der Waals surface area contributed by atoms with Gasteiger partial charge in [-0.05, 0) is 30.0 Å². The Morgan fingerprint density at radius 3 is 2.11 bits per heavy atom. The molecule has 0 fully saturated rings. The number of nitrogens with one attached hydrogen (secondary N) is 1. The van der Waals surface area contributed by atoms with Crippen LogP contribution in [0.3, 0.4) is 0 Å². The molecule has 0 atom stereocenters. The molecule has 1 N–H and O–H groups in total. The van der Waals surface area contributed by atoms with E-state index in [-0.39, 0.29) is 11.3 Å². The number of ketones is 1. The third-order valence-electron chi connectivity index (χ3n) is 4.90. The first-order chi connectivity index (χ1) is 13.6. The zero-order valence-electron chi connectivity index (χ0n) is 15.2. The number of hydrogen-bond donors (Lipinski definition) is 1. The first kappa shape index (κ1) is 17.9. The zero-order chi connectivity index (χ0) is 19.5. The fourth-order valence-electron chi connectivity index (χ4n) is 3.48. The SMILES string of the molecule is O=C1CCCc2[nH]c(=O)c(C(=O)OC(c3ccccc3)c3ccccc3)cc21. The smallest absolute Gasteiger partial charge is 0.344 e. The highest BCUT2D eigenvalue weighted by Gasteiger charge is 2.25. The number of pyridine rings is 1. The van der Waals surface area contributed by atoms with Gasteiger partial charge in [0, 0.05) is 17.7 Å². The number of aromatic nitrogens is 1. The van der Waals surface area contributed by atoms with Crippen LogP contribution in [0.5, 0.6) is 0 Å². The second-order valence-corrected chi connectivity index (χ2v) is 6.79. The Morgan fingerprint density at radius 1 is 0.893 bits per heavy atom. The highest BCUT2D eigenvalue weighted by Crippen LogP contribution is 2.27. The number of rotatable bonds is 4. The van der Waals surface area contributed by atoms with Gasteiger partial charge in [-0.1, -0.05) is 60.7 Å². The van der Waals surface area contributed by atoms with Crippen molar-refractivity contribution >= 4 is 11.8 Å². The molecule has 0 radical (unpaired) electrons. The Bertz CT molecular complexity index is 1030. The molecule has 4 rings (SSSR count). The van der Waals surface area contributed by atoms with Crippen LogP contribution in [0.15, 0.2) is 71.5 Å². The highest BCUT2D eigenvalue weighted by molar-refractivity contribution is 6.00. The largest absolute Gasteiger partial charge is 0.449 e. The summed E-state index contributed by atoms with van der Waals surface area (Å²) in [6, 6.07) is 20.1. The van der Waals surface area contributed by atoms with Gasteiger partial charge in [-0.25, -0.2) is 4.79 Å². The first-order valence-electron chi connectivity index (χ1n) is 9.24. The van der Waals surface area contributed by atoms with E-state index in [9.17, 15) is 14.4 Å². The van der Waals surface area contributed by atoms with E-state index in [0.717, 1.165) is 11.1 Å². The standard InChI is InChI=1S/C23H19NO4/c25-20-13-7-12-19-17(20)14-18(22(26)24-19)23(27)28-21(15-8-3-1-4-9-15)16-10-5-2-6-11-16/h1-6,8-11,14,21H,7,12-13H2,(H,24,26). The predicted octanol–water partition coefficient (Wildman–Crippen LogP) is 3.84. The average Bonchev–Trinajstić information content (AvgIpc) is 2.73. The van der Waals surface area contributed by atoms with Crippen LogP contribution in [0.25, 0.3) is 0 Å². The summed E-state index contributed by atoms with van der Waals surface area (Å²) in [4.78, 5) is 40.1. The molecule has 0 unspecified atom stereocenters. The van der Waals surface area contributed by atoms with Crippen molar-refractivity contribution in [3.8, 4) is 0 Å². The van der Waals surface area contributed by atoms with E-state index in [4.69, 9.17) is 4.74 Å². The van der Waals surface area contributed by atoms with Crippen molar-refractivity contribution in [2.75, 3.05) is 0 Å². The van der Waals surface area contributed by atoms with Crippen LogP contribution in [-0.4, -0.2) is 16.7 Å². The van der Waals surface area contributed by atoms with Crippen LogP contribution in [-0.2, 0) is 11.2 Å². The minimum absolute atomic E-state index is 0.0609. The number of carbonyl (C=O) groups excluding carboxylic acids is 2. The van der Waals surface area contributed by atoms with Crippen LogP contribution in [0.1, 0.15) is 56.5 Å². The van der Waals surface area contributed by atoms with Crippen molar-refractivity contribution in [1.29, 1.82) is 0 Å². The maximum Gasteiger partial charge on any atom is 0.344 e. The monoisotopic (exact) mass is 373 g/mol. The van der Waals surface area contributed by atoms with Crippen molar-refractivity contribution < 1.29 is 14.3 Å². The lowest BCUT2D eigenvalue weighted by Gasteiger charge is -2.20. The molecule has 0 bridgehead atoms. The molecule has 28 heavy (non-hydrogen) atoms. The minimum Gasteiger partial charge on any atom is -0.449 e. The van der Waals surface area contributed by atoms with Gasteiger partial charge < -0.3 is 9.72 Å². The Balaban J connectivity index is 1.70. The van der Waals surface area contributed by atoms with Gasteiger partial charge in [-0.2, -0.15) is 0 Å². The molecule has 140 valence electrons. The maximum atomic E-state index is 12.9. The number of ether oxygens (including phenoxy) is 1. The molecule has 1 aromatic heterocycles. The van der Waals surface area contributed by atoms with Crippen LogP contribution in [0.2, 0.25) is 0 Å². The third-order valence-corrected chi connectivity index (χ3v) is 4.90. The van der Waals surface area contributed by atoms with E-state index in [2.05, 4.69) is 4.98 Å². The Kier molecular flexibility index (Phi) is 4.89. The summed E-state index contributed by atoms with van der Waals surface area (Å²) < 4.78 is 5.75. The Labute approximate surface area is 162 Å². The minimum atomic E-state index is -0.750. The molecule has 1 aliphatic carbocycles. The van der Waals surface area contributed by atoms with E-state index in [1.165, 1.54) is 6.07 Å². The maximum absolute atomic E-state index is 12.9. The van der Waals surface area contributed by atoms with E-state index >= 15 is 0 Å². The quantitative estimate of drug-likeness (QED) is 0.705. The number of aryl methyl sites for hydroxylation is 1. The van der Waals surface area contributed by atoms with Crippen molar-refractivity contribution in [2.45, 2.75) is 25.4 Å². The molecule has 0 amide bonds. The molecule has 0 spiro atoms. The third kappa shape index (κ3) is 3.51. The molecule has 3 aromatic rings. The normalized spacial score (nSPS) is 13.2. The van der Waals surface area contributed by atoms with Gasteiger partial charge in [0.05, 0.1) is 0 Å². The van der Waals surface area contributed by atoms with Crippen LogP contribution in [0, 0.1) is 0 Å². The van der Waals surface area contributed by atoms with Gasteiger partial charge in [0.1, 0.15) is 5.56 Å². The fraction of sp³-hybridized carbons (Fsp3) is 0.174. The van der Waals surface area contributed by atoms with Crippen LogP contribution < -0.4 is 5.56 Å². The molecular formula is C23H19NO4. The van der Waals surface area contributed by atoms with E-state index in [1.54, 1.807) is 0 Å². The average molecular weight is 373 g/mol. The number of H-pyrrole nitrogens is 1. The van der Waals surface area contributed by atoms with Gasteiger partial charge in [0.25, 0.3) is 5.56 Å².